The summed E-state index contributed by atoms with van der Waals surface area (Å²) in [6.45, 7) is 1.85. The fourth-order valence-electron chi connectivity index (χ4n) is 2.56. The van der Waals surface area contributed by atoms with Gasteiger partial charge in [0.2, 0.25) is 0 Å². The van der Waals surface area contributed by atoms with Gasteiger partial charge in [-0.1, -0.05) is 42.3 Å². The molecule has 0 saturated heterocycles. The number of halogens is 2. The highest BCUT2D eigenvalue weighted by Crippen LogP contribution is 2.44. The molecule has 2 atom stereocenters. The molecule has 1 aliphatic heterocycles. The second-order valence-electron chi connectivity index (χ2n) is 4.96. The Hall–Kier alpha value is -1.56. The van der Waals surface area contributed by atoms with Gasteiger partial charge >= 0.3 is 5.97 Å². The van der Waals surface area contributed by atoms with Crippen molar-refractivity contribution in [1.82, 2.24) is 0 Å². The molecule has 2 aromatic rings. The largest absolute Gasteiger partial charge is 0.477 e. The van der Waals surface area contributed by atoms with Gasteiger partial charge in [-0.3, -0.25) is 5.01 Å². The number of hydrogen-bond donors (Lipinski definition) is 1. The highest BCUT2D eigenvalue weighted by Gasteiger charge is 2.40. The number of anilines is 1. The van der Waals surface area contributed by atoms with Gasteiger partial charge in [-0.2, -0.15) is 5.10 Å². The summed E-state index contributed by atoms with van der Waals surface area (Å²) in [5.41, 5.74) is 0.802. The lowest BCUT2D eigenvalue weighted by molar-refractivity contribution is -0.129. The Morgan fingerprint density at radius 3 is 2.59 bits per heavy atom. The molecule has 0 saturated carbocycles. The normalized spacial score (nSPS) is 21.0. The maximum absolute atomic E-state index is 11.4. The quantitative estimate of drug-likeness (QED) is 0.869. The predicted octanol–water partition coefficient (Wildman–Crippen LogP) is 4.69. The molecule has 0 amide bonds. The minimum Gasteiger partial charge on any atom is -0.477 e. The lowest BCUT2D eigenvalue weighted by Gasteiger charge is -2.26. The van der Waals surface area contributed by atoms with Crippen LogP contribution in [0.25, 0.3) is 0 Å². The molecule has 0 aliphatic carbocycles. The number of nitrogens with zero attached hydrogens (tertiary/aromatic N) is 2. The van der Waals surface area contributed by atoms with Crippen LogP contribution in [-0.2, 0) is 4.79 Å². The molecular weight excluding hydrogens is 343 g/mol. The van der Waals surface area contributed by atoms with Gasteiger partial charge in [0, 0.05) is 10.8 Å². The maximum atomic E-state index is 11.4. The van der Waals surface area contributed by atoms with Gasteiger partial charge in [-0.15, -0.1) is 11.3 Å². The van der Waals surface area contributed by atoms with Crippen LogP contribution in [0, 0.1) is 5.92 Å². The third-order valence-corrected chi connectivity index (χ3v) is 5.21. The number of carboxylic acids is 1. The summed E-state index contributed by atoms with van der Waals surface area (Å²) in [7, 11) is 0. The van der Waals surface area contributed by atoms with E-state index in [1.54, 1.807) is 17.1 Å². The zero-order valence-corrected chi connectivity index (χ0v) is 13.9. The third kappa shape index (κ3) is 2.60. The van der Waals surface area contributed by atoms with Crippen LogP contribution in [0.3, 0.4) is 0 Å². The van der Waals surface area contributed by atoms with Gasteiger partial charge in [0.15, 0.2) is 5.71 Å². The van der Waals surface area contributed by atoms with Crippen LogP contribution >= 0.6 is 34.5 Å². The van der Waals surface area contributed by atoms with Crippen molar-refractivity contribution in [3.63, 3.8) is 0 Å². The molecule has 0 unspecified atom stereocenters. The summed E-state index contributed by atoms with van der Waals surface area (Å²) in [5.74, 6) is -1.29. The fourth-order valence-corrected chi connectivity index (χ4v) is 4.04. The molecule has 1 aromatic carbocycles. The number of hydrogen-bond acceptors (Lipinski definition) is 4. The van der Waals surface area contributed by atoms with Gasteiger partial charge in [-0.05, 0) is 24.3 Å². The average Bonchev–Trinajstić information content (AvgIpc) is 3.03. The molecule has 0 bridgehead atoms. The molecular formula is C15H12Cl2N2O2S. The van der Waals surface area contributed by atoms with Crippen molar-refractivity contribution in [2.75, 3.05) is 5.01 Å². The van der Waals surface area contributed by atoms with Crippen molar-refractivity contribution in [2.45, 2.75) is 13.0 Å². The van der Waals surface area contributed by atoms with E-state index in [-0.39, 0.29) is 17.7 Å². The summed E-state index contributed by atoms with van der Waals surface area (Å²) in [4.78, 5) is 12.4. The molecule has 22 heavy (non-hydrogen) atoms. The molecule has 7 heteroatoms. The molecule has 1 aliphatic rings. The molecule has 0 spiro atoms. The summed E-state index contributed by atoms with van der Waals surface area (Å²) < 4.78 is 0.657. The van der Waals surface area contributed by atoms with Crippen molar-refractivity contribution in [3.8, 4) is 0 Å². The lowest BCUT2D eigenvalue weighted by atomic mass is 9.96. The first-order valence-electron chi connectivity index (χ1n) is 6.60. The van der Waals surface area contributed by atoms with Crippen molar-refractivity contribution in [1.29, 1.82) is 0 Å². The summed E-state index contributed by atoms with van der Waals surface area (Å²) in [5, 5.41) is 15.9. The number of benzene rings is 1. The fraction of sp³-hybridized carbons (Fsp3) is 0.200. The average molecular weight is 355 g/mol. The first-order valence-corrected chi connectivity index (χ1v) is 8.17. The van der Waals surface area contributed by atoms with E-state index in [2.05, 4.69) is 5.10 Å². The number of carbonyl (C=O) groups is 1. The van der Waals surface area contributed by atoms with Gasteiger partial charge < -0.3 is 5.11 Å². The first kappa shape index (κ1) is 15.3. The van der Waals surface area contributed by atoms with E-state index in [9.17, 15) is 9.90 Å². The van der Waals surface area contributed by atoms with Crippen LogP contribution in [0.1, 0.15) is 17.8 Å². The van der Waals surface area contributed by atoms with Crippen LogP contribution in [-0.4, -0.2) is 16.8 Å². The first-order chi connectivity index (χ1) is 10.5. The van der Waals surface area contributed by atoms with Crippen molar-refractivity contribution in [2.24, 2.45) is 11.0 Å². The topological polar surface area (TPSA) is 52.9 Å². The Morgan fingerprint density at radius 1 is 1.27 bits per heavy atom. The van der Waals surface area contributed by atoms with Crippen molar-refractivity contribution >= 4 is 51.9 Å². The second-order valence-corrected chi connectivity index (χ2v) is 7.12. The van der Waals surface area contributed by atoms with Crippen LogP contribution in [0.4, 0.5) is 5.69 Å². The van der Waals surface area contributed by atoms with E-state index < -0.39 is 5.97 Å². The Kier molecular flexibility index (Phi) is 4.12. The lowest BCUT2D eigenvalue weighted by Crippen LogP contribution is -2.25. The summed E-state index contributed by atoms with van der Waals surface area (Å²) in [6, 6.07) is 10.7. The summed E-state index contributed by atoms with van der Waals surface area (Å²) in [6.07, 6.45) is 0. The van der Waals surface area contributed by atoms with Crippen LogP contribution in [0.2, 0.25) is 9.36 Å². The number of para-hydroxylation sites is 1. The smallest absolute Gasteiger partial charge is 0.352 e. The van der Waals surface area contributed by atoms with E-state index in [0.717, 1.165) is 4.88 Å². The van der Waals surface area contributed by atoms with Crippen molar-refractivity contribution in [3.05, 3.63) is 50.6 Å². The molecule has 0 fully saturated rings. The molecule has 4 nitrogen and oxygen atoms in total. The van der Waals surface area contributed by atoms with Crippen LogP contribution < -0.4 is 5.01 Å². The van der Waals surface area contributed by atoms with Gasteiger partial charge in [0.05, 0.1) is 21.1 Å². The zero-order chi connectivity index (χ0) is 15.9. The Morgan fingerprint density at radius 2 is 2.00 bits per heavy atom. The van der Waals surface area contributed by atoms with E-state index >= 15 is 0 Å². The van der Waals surface area contributed by atoms with Crippen LogP contribution in [0.5, 0.6) is 0 Å². The Balaban J connectivity index is 2.10. The maximum Gasteiger partial charge on any atom is 0.352 e. The standard InChI is InChI=1S/C15H12Cl2N2O2S/c1-8-13(15(20)21)18-19(10-5-3-2-4-9(10)16)14(8)11-6-7-12(17)22-11/h2-8,14H,1H3,(H,20,21)/t8-,14-/m0/s1. The minimum absolute atomic E-state index is 0.120. The minimum atomic E-state index is -1.02. The van der Waals surface area contributed by atoms with E-state index in [1.807, 2.05) is 31.2 Å². The van der Waals surface area contributed by atoms with Crippen LogP contribution in [0.15, 0.2) is 41.5 Å². The summed E-state index contributed by atoms with van der Waals surface area (Å²) >= 11 is 13.7. The number of rotatable bonds is 3. The Bertz CT molecular complexity index is 760. The highest BCUT2D eigenvalue weighted by molar-refractivity contribution is 7.16. The number of hydrazone groups is 1. The molecule has 114 valence electrons. The number of thiophene rings is 1. The van der Waals surface area contributed by atoms with E-state index in [4.69, 9.17) is 23.2 Å². The monoisotopic (exact) mass is 354 g/mol. The number of carboxylic acid groups (broad SMARTS) is 1. The SMILES string of the molecule is C[C@H]1C(C(=O)O)=NN(c2ccccc2Cl)[C@@H]1c1ccc(Cl)s1. The second kappa shape index (κ2) is 5.91. The van der Waals surface area contributed by atoms with Crippen molar-refractivity contribution < 1.29 is 9.90 Å². The van der Waals surface area contributed by atoms with E-state index in [1.165, 1.54) is 11.3 Å². The van der Waals surface area contributed by atoms with Gasteiger partial charge in [-0.25, -0.2) is 4.79 Å². The van der Waals surface area contributed by atoms with E-state index in [0.29, 0.717) is 15.0 Å². The Labute approximate surface area is 141 Å². The molecule has 1 N–H and O–H groups in total. The molecule has 0 radical (unpaired) electrons. The molecule has 2 heterocycles. The van der Waals surface area contributed by atoms with Gasteiger partial charge in [0.25, 0.3) is 0 Å². The predicted molar refractivity (Wildman–Crippen MR) is 90.2 cm³/mol. The van der Waals surface area contributed by atoms with Gasteiger partial charge in [0.1, 0.15) is 0 Å². The third-order valence-electron chi connectivity index (χ3n) is 3.59. The molecule has 3 rings (SSSR count). The molecule has 1 aromatic heterocycles. The highest BCUT2D eigenvalue weighted by atomic mass is 35.5. The number of aliphatic carboxylic acids is 1. The zero-order valence-electron chi connectivity index (χ0n) is 11.5.